The summed E-state index contributed by atoms with van der Waals surface area (Å²) in [6, 6.07) is 1.55. The molecule has 0 saturated heterocycles. The Hall–Kier alpha value is -2.36. The average Bonchev–Trinajstić information content (AvgIpc) is 2.36. The lowest BCUT2D eigenvalue weighted by molar-refractivity contribution is -0.153. The molecule has 19 heavy (non-hydrogen) atoms. The third-order valence-corrected chi connectivity index (χ3v) is 2.13. The number of pyridine rings is 1. The normalized spacial score (nSPS) is 10.9. The highest BCUT2D eigenvalue weighted by atomic mass is 19.4. The molecule has 0 aromatic carbocycles. The summed E-state index contributed by atoms with van der Waals surface area (Å²) >= 11 is 0. The fourth-order valence-corrected chi connectivity index (χ4v) is 1.45. The molecule has 0 aliphatic carbocycles. The quantitative estimate of drug-likeness (QED) is 0.783. The van der Waals surface area contributed by atoms with Crippen molar-refractivity contribution in [2.75, 3.05) is 6.61 Å². The molecule has 0 amide bonds. The number of fused-ring (bicyclic) bond motifs is 1. The van der Waals surface area contributed by atoms with Crippen LogP contribution in [0, 0.1) is 11.8 Å². The van der Waals surface area contributed by atoms with Crippen molar-refractivity contribution in [3.8, 4) is 17.7 Å². The first-order valence-corrected chi connectivity index (χ1v) is 5.23. The van der Waals surface area contributed by atoms with Gasteiger partial charge in [-0.25, -0.2) is 15.0 Å². The predicted molar refractivity (Wildman–Crippen MR) is 61.4 cm³/mol. The molecule has 0 fully saturated rings. The number of hydrogen-bond donors (Lipinski definition) is 0. The van der Waals surface area contributed by atoms with E-state index < -0.39 is 12.8 Å². The van der Waals surface area contributed by atoms with Crippen LogP contribution >= 0.6 is 0 Å². The van der Waals surface area contributed by atoms with E-state index in [0.29, 0.717) is 5.52 Å². The smallest absolute Gasteiger partial charge is 0.422 e. The summed E-state index contributed by atoms with van der Waals surface area (Å²) in [6.07, 6.45) is -1.82. The Morgan fingerprint density at radius 2 is 2.05 bits per heavy atom. The topological polar surface area (TPSA) is 47.9 Å². The van der Waals surface area contributed by atoms with Crippen LogP contribution < -0.4 is 4.74 Å². The highest BCUT2D eigenvalue weighted by Gasteiger charge is 2.29. The van der Waals surface area contributed by atoms with E-state index in [2.05, 4.69) is 31.5 Å². The second-order valence-electron chi connectivity index (χ2n) is 3.51. The molecular weight excluding hydrogens is 259 g/mol. The van der Waals surface area contributed by atoms with Crippen LogP contribution in [0.3, 0.4) is 0 Å². The van der Waals surface area contributed by atoms with Gasteiger partial charge in [-0.15, -0.1) is 0 Å². The summed E-state index contributed by atoms with van der Waals surface area (Å²) < 4.78 is 41.2. The average molecular weight is 267 g/mol. The van der Waals surface area contributed by atoms with Crippen molar-refractivity contribution in [1.82, 2.24) is 15.0 Å². The molecule has 0 N–H and O–H groups in total. The van der Waals surface area contributed by atoms with E-state index in [1.807, 2.05) is 0 Å². The van der Waals surface area contributed by atoms with Gasteiger partial charge in [0.1, 0.15) is 12.0 Å². The Balaban J connectivity index is 2.50. The summed E-state index contributed by atoms with van der Waals surface area (Å²) in [5, 5.41) is 0.281. The van der Waals surface area contributed by atoms with E-state index in [1.165, 1.54) is 6.20 Å². The van der Waals surface area contributed by atoms with E-state index in [0.717, 1.165) is 6.33 Å². The standard InChI is InChI=1S/C12H8F3N3O/c1-2-3-8-10-9(4-5-16-8)17-7-18-11(10)19-6-12(13,14)15/h4-5,7H,6H2,1H3. The monoisotopic (exact) mass is 267 g/mol. The summed E-state index contributed by atoms with van der Waals surface area (Å²) in [5.41, 5.74) is 0.720. The molecule has 7 heteroatoms. The molecule has 0 spiro atoms. The molecule has 0 atom stereocenters. The van der Waals surface area contributed by atoms with Gasteiger partial charge in [0.2, 0.25) is 5.88 Å². The molecule has 98 valence electrons. The Labute approximate surface area is 106 Å². The first-order valence-electron chi connectivity index (χ1n) is 5.23. The van der Waals surface area contributed by atoms with Gasteiger partial charge in [-0.1, -0.05) is 5.92 Å². The van der Waals surface area contributed by atoms with E-state index in [1.54, 1.807) is 13.0 Å². The second-order valence-corrected chi connectivity index (χ2v) is 3.51. The molecule has 0 aliphatic heterocycles. The minimum atomic E-state index is -4.43. The maximum atomic E-state index is 12.2. The fourth-order valence-electron chi connectivity index (χ4n) is 1.45. The van der Waals surface area contributed by atoms with Gasteiger partial charge in [-0.05, 0) is 18.9 Å². The van der Waals surface area contributed by atoms with E-state index >= 15 is 0 Å². The molecule has 0 aliphatic rings. The lowest BCUT2D eigenvalue weighted by Gasteiger charge is -2.10. The summed E-state index contributed by atoms with van der Waals surface area (Å²) in [5.74, 6) is 5.14. The van der Waals surface area contributed by atoms with Crippen LogP contribution in [-0.4, -0.2) is 27.7 Å². The Bertz CT molecular complexity index is 653. The summed E-state index contributed by atoms with van der Waals surface area (Å²) in [7, 11) is 0. The molecule has 0 bridgehead atoms. The van der Waals surface area contributed by atoms with Gasteiger partial charge in [0.25, 0.3) is 0 Å². The zero-order valence-corrected chi connectivity index (χ0v) is 9.82. The highest BCUT2D eigenvalue weighted by Crippen LogP contribution is 2.25. The van der Waals surface area contributed by atoms with Crippen molar-refractivity contribution in [2.45, 2.75) is 13.1 Å². The van der Waals surface area contributed by atoms with Gasteiger partial charge in [0, 0.05) is 6.20 Å². The third kappa shape index (κ3) is 3.10. The van der Waals surface area contributed by atoms with Crippen LogP contribution in [0.25, 0.3) is 10.9 Å². The van der Waals surface area contributed by atoms with Gasteiger partial charge >= 0.3 is 6.18 Å². The number of nitrogens with zero attached hydrogens (tertiary/aromatic N) is 3. The molecule has 2 aromatic heterocycles. The van der Waals surface area contributed by atoms with Crippen LogP contribution in [0.2, 0.25) is 0 Å². The minimum Gasteiger partial charge on any atom is -0.467 e. The number of hydrogen-bond acceptors (Lipinski definition) is 4. The maximum Gasteiger partial charge on any atom is 0.422 e. The van der Waals surface area contributed by atoms with Crippen molar-refractivity contribution in [1.29, 1.82) is 0 Å². The molecule has 4 nitrogen and oxygen atoms in total. The number of halogens is 3. The summed E-state index contributed by atoms with van der Waals surface area (Å²) in [4.78, 5) is 11.6. The van der Waals surface area contributed by atoms with Crippen molar-refractivity contribution in [3.63, 3.8) is 0 Å². The number of aromatic nitrogens is 3. The molecule has 0 unspecified atom stereocenters. The van der Waals surface area contributed by atoms with Gasteiger partial charge in [0.15, 0.2) is 6.61 Å². The van der Waals surface area contributed by atoms with Gasteiger partial charge in [-0.2, -0.15) is 13.2 Å². The van der Waals surface area contributed by atoms with Crippen LogP contribution in [-0.2, 0) is 0 Å². The summed E-state index contributed by atoms with van der Waals surface area (Å²) in [6.45, 7) is 0.174. The number of rotatable bonds is 2. The first kappa shape index (κ1) is 13.1. The van der Waals surface area contributed by atoms with Gasteiger partial charge in [0.05, 0.1) is 10.9 Å². The minimum absolute atomic E-state index is 0.173. The Kier molecular flexibility index (Phi) is 3.51. The lowest BCUT2D eigenvalue weighted by Crippen LogP contribution is -2.20. The maximum absolute atomic E-state index is 12.2. The van der Waals surface area contributed by atoms with Crippen LogP contribution in [0.15, 0.2) is 18.6 Å². The van der Waals surface area contributed by atoms with Crippen molar-refractivity contribution >= 4 is 10.9 Å². The first-order chi connectivity index (χ1) is 9.01. The van der Waals surface area contributed by atoms with Crippen LogP contribution in [0.4, 0.5) is 13.2 Å². The van der Waals surface area contributed by atoms with E-state index in [-0.39, 0.29) is 17.0 Å². The van der Waals surface area contributed by atoms with Crippen molar-refractivity contribution < 1.29 is 17.9 Å². The zero-order chi connectivity index (χ0) is 13.9. The van der Waals surface area contributed by atoms with E-state index in [9.17, 15) is 13.2 Å². The Morgan fingerprint density at radius 1 is 1.26 bits per heavy atom. The fraction of sp³-hybridized carbons (Fsp3) is 0.250. The largest absolute Gasteiger partial charge is 0.467 e. The molecular formula is C12H8F3N3O. The van der Waals surface area contributed by atoms with Crippen molar-refractivity contribution in [3.05, 3.63) is 24.3 Å². The molecule has 2 heterocycles. The van der Waals surface area contributed by atoms with Gasteiger partial charge < -0.3 is 4.74 Å². The second kappa shape index (κ2) is 5.10. The SMILES string of the molecule is CC#Cc1nccc2ncnc(OCC(F)(F)F)c12. The third-order valence-electron chi connectivity index (χ3n) is 2.13. The van der Waals surface area contributed by atoms with E-state index in [4.69, 9.17) is 0 Å². The predicted octanol–water partition coefficient (Wildman–Crippen LogP) is 2.34. The zero-order valence-electron chi connectivity index (χ0n) is 9.82. The molecule has 0 saturated carbocycles. The lowest BCUT2D eigenvalue weighted by atomic mass is 10.2. The van der Waals surface area contributed by atoms with Crippen molar-refractivity contribution in [2.24, 2.45) is 0 Å². The molecule has 2 rings (SSSR count). The van der Waals surface area contributed by atoms with Crippen LogP contribution in [0.1, 0.15) is 12.6 Å². The highest BCUT2D eigenvalue weighted by molar-refractivity contribution is 5.87. The number of alkyl halides is 3. The van der Waals surface area contributed by atoms with Crippen LogP contribution in [0.5, 0.6) is 5.88 Å². The number of ether oxygens (including phenoxy) is 1. The van der Waals surface area contributed by atoms with Gasteiger partial charge in [-0.3, -0.25) is 0 Å². The molecule has 2 aromatic rings. The molecule has 0 radical (unpaired) electrons. The Morgan fingerprint density at radius 3 is 2.74 bits per heavy atom.